The molecule has 0 saturated carbocycles. The molecule has 0 bridgehead atoms. The van der Waals surface area contributed by atoms with E-state index >= 15 is 0 Å². The summed E-state index contributed by atoms with van der Waals surface area (Å²) in [6.45, 7) is 11.7. The highest BCUT2D eigenvalue weighted by atomic mass is 16.5. The molecule has 7 heteroatoms. The number of likely N-dealkylation sites (N-methyl/N-ethyl adjacent to an activating group) is 1. The summed E-state index contributed by atoms with van der Waals surface area (Å²) in [7, 11) is 0. The molecule has 27 heavy (non-hydrogen) atoms. The zero-order valence-electron chi connectivity index (χ0n) is 17.5. The summed E-state index contributed by atoms with van der Waals surface area (Å²) in [6, 6.07) is -0.226. The van der Waals surface area contributed by atoms with E-state index in [9.17, 15) is 19.5 Å². The number of carbonyl (C=O) groups is 3. The van der Waals surface area contributed by atoms with Crippen LogP contribution in [0.4, 0.5) is 4.79 Å². The van der Waals surface area contributed by atoms with Crippen LogP contribution in [0.15, 0.2) is 0 Å². The fraction of sp³-hybridized carbons (Fsp3) is 0.850. The molecule has 1 rings (SSSR count). The van der Waals surface area contributed by atoms with E-state index in [0.29, 0.717) is 26.3 Å². The zero-order valence-corrected chi connectivity index (χ0v) is 17.5. The van der Waals surface area contributed by atoms with Crippen LogP contribution in [-0.4, -0.2) is 65.7 Å². The maximum absolute atomic E-state index is 12.4. The number of carboxylic acids is 1. The van der Waals surface area contributed by atoms with E-state index in [1.54, 1.807) is 4.90 Å². The summed E-state index contributed by atoms with van der Waals surface area (Å²) in [4.78, 5) is 38.8. The Labute approximate surface area is 163 Å². The monoisotopic (exact) mass is 384 g/mol. The van der Waals surface area contributed by atoms with Gasteiger partial charge in [0.2, 0.25) is 5.91 Å². The van der Waals surface area contributed by atoms with Crippen molar-refractivity contribution in [1.29, 1.82) is 0 Å². The third-order valence-corrected chi connectivity index (χ3v) is 6.35. The van der Waals surface area contributed by atoms with Gasteiger partial charge in [0.1, 0.15) is 6.54 Å². The van der Waals surface area contributed by atoms with Gasteiger partial charge in [-0.25, -0.2) is 4.79 Å². The maximum Gasteiger partial charge on any atom is 0.327 e. The number of carbonyl (C=O) groups excluding carboxylic acids is 2. The molecule has 0 spiro atoms. The van der Waals surface area contributed by atoms with Crippen molar-refractivity contribution < 1.29 is 24.2 Å². The molecule has 1 saturated heterocycles. The van der Waals surface area contributed by atoms with E-state index < -0.39 is 5.97 Å². The Morgan fingerprint density at radius 1 is 1.00 bits per heavy atom. The number of hydrogen-bond acceptors (Lipinski definition) is 4. The van der Waals surface area contributed by atoms with E-state index in [1.165, 1.54) is 4.90 Å². The number of hydrogen-bond donors (Lipinski definition) is 1. The van der Waals surface area contributed by atoms with E-state index in [-0.39, 0.29) is 35.7 Å². The van der Waals surface area contributed by atoms with Gasteiger partial charge in [-0.05, 0) is 32.6 Å². The van der Waals surface area contributed by atoms with E-state index in [0.717, 1.165) is 25.7 Å². The molecule has 0 aliphatic carbocycles. The van der Waals surface area contributed by atoms with Crippen LogP contribution in [0.25, 0.3) is 0 Å². The molecule has 1 aliphatic heterocycles. The van der Waals surface area contributed by atoms with Crippen LogP contribution in [0.1, 0.15) is 66.7 Å². The lowest BCUT2D eigenvalue weighted by molar-refractivity contribution is -0.142. The molecular formula is C20H36N2O5. The van der Waals surface area contributed by atoms with Crippen molar-refractivity contribution in [2.45, 2.75) is 66.7 Å². The van der Waals surface area contributed by atoms with Crippen molar-refractivity contribution in [2.75, 3.05) is 32.8 Å². The molecule has 1 heterocycles. The quantitative estimate of drug-likeness (QED) is 0.492. The highest BCUT2D eigenvalue weighted by molar-refractivity contribution is 6.02. The zero-order chi connectivity index (χ0) is 20.7. The molecule has 0 unspecified atom stereocenters. The summed E-state index contributed by atoms with van der Waals surface area (Å²) >= 11 is 0. The predicted octanol–water partition coefficient (Wildman–Crippen LogP) is 3.37. The van der Waals surface area contributed by atoms with Gasteiger partial charge < -0.3 is 14.7 Å². The Morgan fingerprint density at radius 2 is 1.52 bits per heavy atom. The minimum Gasteiger partial charge on any atom is -0.481 e. The summed E-state index contributed by atoms with van der Waals surface area (Å²) in [5.41, 5.74) is -0.692. The first-order valence-electron chi connectivity index (χ1n) is 10.1. The standard InChI is InChI=1S/C20H36N2O5/c1-6-19(7-2,11-17(24)25)14-27-15-20(8-3,9-4)13-22-16(23)12-21(10-5)18(22)26/h6-15H2,1-5H3,(H,24,25). The number of urea groups is 1. The largest absolute Gasteiger partial charge is 0.481 e. The molecule has 3 amide bonds. The molecule has 1 aliphatic rings. The Bertz CT molecular complexity index is 526. The Hall–Kier alpha value is -1.63. The van der Waals surface area contributed by atoms with Gasteiger partial charge in [-0.1, -0.05) is 27.7 Å². The highest BCUT2D eigenvalue weighted by Gasteiger charge is 2.41. The number of aliphatic carboxylic acids is 1. The van der Waals surface area contributed by atoms with Crippen LogP contribution in [0.5, 0.6) is 0 Å². The van der Waals surface area contributed by atoms with E-state index in [1.807, 2.05) is 34.6 Å². The molecule has 0 aromatic carbocycles. The molecule has 1 N–H and O–H groups in total. The van der Waals surface area contributed by atoms with Gasteiger partial charge in [-0.15, -0.1) is 0 Å². The van der Waals surface area contributed by atoms with Gasteiger partial charge in [-0.3, -0.25) is 14.5 Å². The van der Waals surface area contributed by atoms with Crippen LogP contribution < -0.4 is 0 Å². The topological polar surface area (TPSA) is 87.2 Å². The van der Waals surface area contributed by atoms with Gasteiger partial charge >= 0.3 is 12.0 Å². The Morgan fingerprint density at radius 3 is 1.93 bits per heavy atom. The molecule has 0 atom stereocenters. The van der Waals surface area contributed by atoms with Gasteiger partial charge in [0, 0.05) is 23.9 Å². The van der Waals surface area contributed by atoms with Crippen LogP contribution >= 0.6 is 0 Å². The summed E-state index contributed by atoms with van der Waals surface area (Å²) in [5.74, 6) is -0.970. The normalized spacial score (nSPS) is 15.7. The highest BCUT2D eigenvalue weighted by Crippen LogP contribution is 2.34. The Kier molecular flexibility index (Phi) is 8.72. The van der Waals surface area contributed by atoms with Gasteiger partial charge in [0.25, 0.3) is 0 Å². The van der Waals surface area contributed by atoms with Crippen molar-refractivity contribution in [2.24, 2.45) is 10.8 Å². The van der Waals surface area contributed by atoms with Gasteiger partial charge in [0.15, 0.2) is 0 Å². The second kappa shape index (κ2) is 10.1. The van der Waals surface area contributed by atoms with E-state index in [2.05, 4.69) is 0 Å². The molecule has 1 fully saturated rings. The van der Waals surface area contributed by atoms with Crippen molar-refractivity contribution in [3.05, 3.63) is 0 Å². The van der Waals surface area contributed by atoms with Crippen molar-refractivity contribution >= 4 is 17.9 Å². The van der Waals surface area contributed by atoms with E-state index in [4.69, 9.17) is 4.74 Å². The maximum atomic E-state index is 12.4. The summed E-state index contributed by atoms with van der Waals surface area (Å²) < 4.78 is 6.04. The number of imide groups is 1. The second-order valence-corrected chi connectivity index (χ2v) is 7.75. The molecule has 0 aromatic heterocycles. The van der Waals surface area contributed by atoms with Crippen molar-refractivity contribution in [3.63, 3.8) is 0 Å². The lowest BCUT2D eigenvalue weighted by Gasteiger charge is -2.37. The third kappa shape index (κ3) is 5.67. The average molecular weight is 385 g/mol. The van der Waals surface area contributed by atoms with Gasteiger partial charge in [-0.2, -0.15) is 0 Å². The number of nitrogens with zero attached hydrogens (tertiary/aromatic N) is 2. The van der Waals surface area contributed by atoms with Crippen LogP contribution in [-0.2, 0) is 14.3 Å². The van der Waals surface area contributed by atoms with Gasteiger partial charge in [0.05, 0.1) is 19.6 Å². The SMILES string of the molecule is CCN1CC(=O)N(CC(CC)(CC)COCC(CC)(CC)CC(=O)O)C1=O. The average Bonchev–Trinajstić information content (AvgIpc) is 2.93. The van der Waals surface area contributed by atoms with Crippen LogP contribution in [0.2, 0.25) is 0 Å². The molecule has 7 nitrogen and oxygen atoms in total. The number of ether oxygens (including phenoxy) is 1. The first kappa shape index (κ1) is 23.4. The lowest BCUT2D eigenvalue weighted by atomic mass is 9.79. The van der Waals surface area contributed by atoms with Crippen molar-refractivity contribution in [3.8, 4) is 0 Å². The third-order valence-electron chi connectivity index (χ3n) is 6.35. The first-order valence-corrected chi connectivity index (χ1v) is 10.1. The first-order chi connectivity index (χ1) is 12.7. The number of carboxylic acid groups (broad SMARTS) is 1. The lowest BCUT2D eigenvalue weighted by Crippen LogP contribution is -2.44. The smallest absolute Gasteiger partial charge is 0.327 e. The second-order valence-electron chi connectivity index (χ2n) is 7.75. The Balaban J connectivity index is 2.81. The fourth-order valence-corrected chi connectivity index (χ4v) is 3.62. The minimum absolute atomic E-state index is 0.0831. The summed E-state index contributed by atoms with van der Waals surface area (Å²) in [6.07, 6.45) is 3.10. The predicted molar refractivity (Wildman–Crippen MR) is 103 cm³/mol. The fourth-order valence-electron chi connectivity index (χ4n) is 3.62. The number of rotatable bonds is 13. The molecule has 156 valence electrons. The van der Waals surface area contributed by atoms with Crippen LogP contribution in [0.3, 0.4) is 0 Å². The minimum atomic E-state index is -0.813. The molecular weight excluding hydrogens is 348 g/mol. The van der Waals surface area contributed by atoms with Crippen molar-refractivity contribution in [1.82, 2.24) is 9.80 Å². The molecule has 0 aromatic rings. The number of amides is 3. The summed E-state index contributed by atoms with van der Waals surface area (Å²) in [5, 5.41) is 9.22. The van der Waals surface area contributed by atoms with Crippen LogP contribution in [0, 0.1) is 10.8 Å². The molecule has 0 radical (unpaired) electrons.